The van der Waals surface area contributed by atoms with Crippen molar-refractivity contribution in [3.63, 3.8) is 0 Å². The summed E-state index contributed by atoms with van der Waals surface area (Å²) in [5.74, 6) is 0.315. The number of pyridine rings is 1. The first-order chi connectivity index (χ1) is 18.5. The molecule has 39 heavy (non-hydrogen) atoms. The fourth-order valence-corrected chi connectivity index (χ4v) is 5.56. The average Bonchev–Trinajstić information content (AvgIpc) is 3.16. The van der Waals surface area contributed by atoms with Gasteiger partial charge in [0.1, 0.15) is 18.1 Å². The normalized spacial score (nSPS) is 21.1. The van der Waals surface area contributed by atoms with Crippen LogP contribution in [-0.4, -0.2) is 53.2 Å². The van der Waals surface area contributed by atoms with Gasteiger partial charge in [0, 0.05) is 24.3 Å². The van der Waals surface area contributed by atoms with E-state index >= 15 is 0 Å². The Morgan fingerprint density at radius 1 is 1.00 bits per heavy atom. The smallest absolute Gasteiger partial charge is 0.405 e. The van der Waals surface area contributed by atoms with Crippen molar-refractivity contribution < 1.29 is 27.5 Å². The maximum atomic E-state index is 13.2. The van der Waals surface area contributed by atoms with Crippen molar-refractivity contribution in [2.75, 3.05) is 11.4 Å². The topological polar surface area (TPSA) is 83.6 Å². The Morgan fingerprint density at radius 3 is 2.33 bits per heavy atom. The van der Waals surface area contributed by atoms with Crippen molar-refractivity contribution in [2.24, 2.45) is 0 Å². The van der Waals surface area contributed by atoms with Crippen LogP contribution in [0.4, 0.5) is 19.0 Å². The van der Waals surface area contributed by atoms with Gasteiger partial charge in [0.25, 0.3) is 11.8 Å². The summed E-state index contributed by atoms with van der Waals surface area (Å²) in [7, 11) is 0. The lowest BCUT2D eigenvalue weighted by molar-refractivity contribution is -0.135. The number of aromatic nitrogens is 1. The summed E-state index contributed by atoms with van der Waals surface area (Å²) < 4.78 is 43.3. The van der Waals surface area contributed by atoms with E-state index in [0.717, 1.165) is 36.5 Å². The van der Waals surface area contributed by atoms with Crippen LogP contribution in [0.5, 0.6) is 5.75 Å². The monoisotopic (exact) mass is 540 g/mol. The molecule has 206 valence electrons. The predicted molar refractivity (Wildman–Crippen MR) is 142 cm³/mol. The van der Waals surface area contributed by atoms with Crippen LogP contribution in [0.1, 0.15) is 49.9 Å². The van der Waals surface area contributed by atoms with Crippen LogP contribution >= 0.6 is 0 Å². The SMILES string of the molecule is CC(C)(Oc1ccc2ccccc2c1)C(=O)NC1CC2CCC(C1)N2c1ccc(C(=O)NCC(F)(F)F)cn1. The van der Waals surface area contributed by atoms with E-state index in [1.807, 2.05) is 47.8 Å². The molecule has 1 aromatic heterocycles. The van der Waals surface area contributed by atoms with Crippen molar-refractivity contribution in [3.8, 4) is 5.75 Å². The summed E-state index contributed by atoms with van der Waals surface area (Å²) in [6, 6.07) is 17.2. The standard InChI is InChI=1S/C29H31F3N4O3/c1-28(2,39-24-11-7-18-5-3-4-6-19(18)13-24)27(38)35-21-14-22-9-10-23(15-21)36(22)25-12-8-20(16-33-25)26(37)34-17-29(30,31)32/h3-8,11-13,16,21-23H,9-10,14-15,17H2,1-2H3,(H,34,37)(H,35,38). The van der Waals surface area contributed by atoms with Crippen molar-refractivity contribution in [1.82, 2.24) is 15.6 Å². The van der Waals surface area contributed by atoms with Crippen molar-refractivity contribution >= 4 is 28.4 Å². The molecular formula is C29H31F3N4O3. The number of carbonyl (C=O) groups excluding carboxylic acids is 2. The van der Waals surface area contributed by atoms with Crippen LogP contribution in [0.2, 0.25) is 0 Å². The largest absolute Gasteiger partial charge is 0.478 e. The van der Waals surface area contributed by atoms with Crippen LogP contribution in [-0.2, 0) is 4.79 Å². The highest BCUT2D eigenvalue weighted by molar-refractivity contribution is 5.94. The Bertz CT molecular complexity index is 1350. The molecule has 2 atom stereocenters. The van der Waals surface area contributed by atoms with Crippen LogP contribution in [0.15, 0.2) is 60.8 Å². The number of nitrogens with one attached hydrogen (secondary N) is 2. The minimum atomic E-state index is -4.47. The van der Waals surface area contributed by atoms with Crippen molar-refractivity contribution in [1.29, 1.82) is 0 Å². The van der Waals surface area contributed by atoms with Gasteiger partial charge in [-0.25, -0.2) is 4.98 Å². The van der Waals surface area contributed by atoms with Crippen molar-refractivity contribution in [2.45, 2.75) is 69.4 Å². The molecule has 2 aliphatic rings. The number of fused-ring (bicyclic) bond motifs is 3. The van der Waals surface area contributed by atoms with E-state index in [9.17, 15) is 22.8 Å². The van der Waals surface area contributed by atoms with E-state index < -0.39 is 24.2 Å². The Morgan fingerprint density at radius 2 is 1.69 bits per heavy atom. The number of carbonyl (C=O) groups is 2. The molecule has 0 radical (unpaired) electrons. The van der Waals surface area contributed by atoms with Crippen molar-refractivity contribution in [3.05, 3.63) is 66.4 Å². The fourth-order valence-electron chi connectivity index (χ4n) is 5.56. The van der Waals surface area contributed by atoms with Crippen LogP contribution < -0.4 is 20.3 Å². The lowest BCUT2D eigenvalue weighted by atomic mass is 9.96. The molecule has 0 saturated carbocycles. The zero-order valence-corrected chi connectivity index (χ0v) is 21.8. The lowest BCUT2D eigenvalue weighted by Gasteiger charge is -2.40. The highest BCUT2D eigenvalue weighted by Gasteiger charge is 2.43. The highest BCUT2D eigenvalue weighted by atomic mass is 19.4. The zero-order valence-electron chi connectivity index (χ0n) is 21.8. The van der Waals surface area contributed by atoms with Gasteiger partial charge < -0.3 is 20.3 Å². The van der Waals surface area contributed by atoms with E-state index in [1.165, 1.54) is 12.3 Å². The van der Waals surface area contributed by atoms with Gasteiger partial charge in [0.15, 0.2) is 5.60 Å². The fraction of sp³-hybridized carbons (Fsp3) is 0.414. The van der Waals surface area contributed by atoms with Crippen LogP contribution in [0.3, 0.4) is 0 Å². The van der Waals surface area contributed by atoms with E-state index in [4.69, 9.17) is 4.74 Å². The van der Waals surface area contributed by atoms with Gasteiger partial charge in [-0.2, -0.15) is 13.2 Å². The van der Waals surface area contributed by atoms with Crippen LogP contribution in [0.25, 0.3) is 10.8 Å². The lowest BCUT2D eigenvalue weighted by Crippen LogP contribution is -2.55. The number of rotatable bonds is 7. The molecule has 7 nitrogen and oxygen atoms in total. The average molecular weight is 541 g/mol. The number of halogens is 3. The number of benzene rings is 2. The maximum Gasteiger partial charge on any atom is 0.405 e. The summed E-state index contributed by atoms with van der Waals surface area (Å²) in [5.41, 5.74) is -0.992. The van der Waals surface area contributed by atoms with E-state index in [-0.39, 0.29) is 29.6 Å². The molecule has 0 spiro atoms. The third-order valence-electron chi connectivity index (χ3n) is 7.43. The molecular weight excluding hydrogens is 509 g/mol. The summed E-state index contributed by atoms with van der Waals surface area (Å²) in [6.07, 6.45) is 0.210. The van der Waals surface area contributed by atoms with Gasteiger partial charge in [0.05, 0.1) is 5.56 Å². The quantitative estimate of drug-likeness (QED) is 0.441. The molecule has 2 unspecified atom stereocenters. The Hall–Kier alpha value is -3.82. The second-order valence-corrected chi connectivity index (χ2v) is 10.8. The minimum Gasteiger partial charge on any atom is -0.478 e. The Balaban J connectivity index is 1.18. The number of alkyl halides is 3. The molecule has 5 rings (SSSR count). The molecule has 3 heterocycles. The highest BCUT2D eigenvalue weighted by Crippen LogP contribution is 2.39. The van der Waals surface area contributed by atoms with Gasteiger partial charge in [0.2, 0.25) is 0 Å². The van der Waals surface area contributed by atoms with Crippen LogP contribution in [0, 0.1) is 0 Å². The summed E-state index contributed by atoms with van der Waals surface area (Å²) >= 11 is 0. The molecule has 0 aliphatic carbocycles. The molecule has 2 fully saturated rings. The minimum absolute atomic E-state index is 0.0156. The molecule has 2 N–H and O–H groups in total. The molecule has 10 heteroatoms. The van der Waals surface area contributed by atoms with Gasteiger partial charge >= 0.3 is 6.18 Å². The third-order valence-corrected chi connectivity index (χ3v) is 7.43. The van der Waals surface area contributed by atoms with Gasteiger partial charge in [-0.1, -0.05) is 30.3 Å². The summed E-state index contributed by atoms with van der Waals surface area (Å²) in [4.78, 5) is 31.8. The molecule has 2 aromatic carbocycles. The Kier molecular flexibility index (Phi) is 7.13. The van der Waals surface area contributed by atoms with Gasteiger partial charge in [-0.3, -0.25) is 9.59 Å². The number of anilines is 1. The summed E-state index contributed by atoms with van der Waals surface area (Å²) in [6.45, 7) is 2.14. The third kappa shape index (κ3) is 6.10. The number of hydrogen-bond donors (Lipinski definition) is 2. The second kappa shape index (κ2) is 10.4. The maximum absolute atomic E-state index is 13.2. The summed E-state index contributed by atoms with van der Waals surface area (Å²) in [5, 5.41) is 7.18. The van der Waals surface area contributed by atoms with Gasteiger partial charge in [-0.05, 0) is 74.6 Å². The van der Waals surface area contributed by atoms with E-state index in [0.29, 0.717) is 11.6 Å². The number of piperidine rings is 1. The molecule has 3 aromatic rings. The Labute approximate surface area is 224 Å². The first kappa shape index (κ1) is 26.8. The molecule has 2 amide bonds. The predicted octanol–water partition coefficient (Wildman–Crippen LogP) is 5.00. The van der Waals surface area contributed by atoms with E-state index in [1.54, 1.807) is 19.9 Å². The molecule has 2 bridgehead atoms. The molecule has 2 saturated heterocycles. The second-order valence-electron chi connectivity index (χ2n) is 10.8. The zero-order chi connectivity index (χ0) is 27.8. The first-order valence-corrected chi connectivity index (χ1v) is 13.1. The number of ether oxygens (including phenoxy) is 1. The first-order valence-electron chi connectivity index (χ1n) is 13.1. The number of amides is 2. The number of nitrogens with zero attached hydrogens (tertiary/aromatic N) is 2. The number of hydrogen-bond acceptors (Lipinski definition) is 5. The van der Waals surface area contributed by atoms with Gasteiger partial charge in [-0.15, -0.1) is 0 Å². The van der Waals surface area contributed by atoms with E-state index in [2.05, 4.69) is 15.2 Å². The molecule has 2 aliphatic heterocycles.